The van der Waals surface area contributed by atoms with E-state index >= 15 is 0 Å². The Balaban J connectivity index is 1.50. The maximum absolute atomic E-state index is 13.2. The van der Waals surface area contributed by atoms with Crippen LogP contribution in [0.1, 0.15) is 29.5 Å². The third-order valence-corrected chi connectivity index (χ3v) is 5.75. The molecule has 4 aromatic rings. The molecule has 2 N–H and O–H groups in total. The van der Waals surface area contributed by atoms with E-state index in [1.54, 1.807) is 6.92 Å². The third-order valence-electron chi connectivity index (χ3n) is 5.75. The second kappa shape index (κ2) is 9.63. The van der Waals surface area contributed by atoms with Crippen molar-refractivity contribution in [2.45, 2.75) is 18.4 Å². The molecule has 1 atom stereocenters. The van der Waals surface area contributed by atoms with Crippen molar-refractivity contribution in [1.29, 1.82) is 0 Å². The van der Waals surface area contributed by atoms with Crippen LogP contribution in [0, 0.1) is 0 Å². The van der Waals surface area contributed by atoms with Gasteiger partial charge in [0, 0.05) is 0 Å². The Kier molecular flexibility index (Phi) is 6.48. The lowest BCUT2D eigenvalue weighted by Crippen LogP contribution is -2.40. The van der Waals surface area contributed by atoms with Crippen molar-refractivity contribution in [3.8, 4) is 11.1 Å². The number of carbonyl (C=O) groups excluding carboxylic acids is 1. The minimum absolute atomic E-state index is 0.118. The lowest BCUT2D eigenvalue weighted by molar-refractivity contribution is -0.122. The highest BCUT2D eigenvalue weighted by molar-refractivity contribution is 5.87. The van der Waals surface area contributed by atoms with Gasteiger partial charge < -0.3 is 10.4 Å². The van der Waals surface area contributed by atoms with E-state index in [1.807, 2.05) is 103 Å². The van der Waals surface area contributed by atoms with Crippen LogP contribution in [-0.4, -0.2) is 17.6 Å². The quantitative estimate of drug-likeness (QED) is 0.413. The Labute approximate surface area is 189 Å². The van der Waals surface area contributed by atoms with E-state index in [2.05, 4.69) is 17.4 Å². The second-order valence-corrected chi connectivity index (χ2v) is 8.19. The largest absolute Gasteiger partial charge is 0.384 e. The van der Waals surface area contributed by atoms with Gasteiger partial charge in [0.25, 0.3) is 0 Å². The van der Waals surface area contributed by atoms with Gasteiger partial charge in [0.2, 0.25) is 5.91 Å². The van der Waals surface area contributed by atoms with Crippen LogP contribution in [0.5, 0.6) is 0 Å². The van der Waals surface area contributed by atoms with Gasteiger partial charge in [-0.2, -0.15) is 0 Å². The Morgan fingerprint density at radius 3 is 1.66 bits per heavy atom. The molecule has 0 saturated heterocycles. The summed E-state index contributed by atoms with van der Waals surface area (Å²) in [6, 6.07) is 37.4. The summed E-state index contributed by atoms with van der Waals surface area (Å²) < 4.78 is 0. The molecule has 0 heterocycles. The first-order chi connectivity index (χ1) is 15.5. The van der Waals surface area contributed by atoms with E-state index in [1.165, 1.54) is 0 Å². The zero-order valence-electron chi connectivity index (χ0n) is 18.1. The summed E-state index contributed by atoms with van der Waals surface area (Å²) in [4.78, 5) is 13.2. The lowest BCUT2D eigenvalue weighted by Gasteiger charge is -2.26. The minimum atomic E-state index is -1.19. The summed E-state index contributed by atoms with van der Waals surface area (Å²) in [6.07, 6.45) is 0. The fraction of sp³-hybridized carbons (Fsp3) is 0.138. The molecule has 4 aromatic carbocycles. The molecule has 0 radical (unpaired) electrons. The number of aliphatic hydroxyl groups is 1. The van der Waals surface area contributed by atoms with Gasteiger partial charge in [-0.15, -0.1) is 0 Å². The summed E-state index contributed by atoms with van der Waals surface area (Å²) >= 11 is 0. The Bertz CT molecular complexity index is 1100. The maximum Gasteiger partial charge on any atom is 0.232 e. The summed E-state index contributed by atoms with van der Waals surface area (Å²) in [6.45, 7) is 1.84. The molecule has 1 unspecified atom stereocenters. The molecule has 0 aliphatic carbocycles. The van der Waals surface area contributed by atoms with Gasteiger partial charge in [0.15, 0.2) is 0 Å². The number of amides is 1. The molecule has 1 amide bonds. The van der Waals surface area contributed by atoms with Crippen molar-refractivity contribution in [3.63, 3.8) is 0 Å². The fourth-order valence-electron chi connectivity index (χ4n) is 3.90. The van der Waals surface area contributed by atoms with Crippen molar-refractivity contribution in [2.24, 2.45) is 0 Å². The number of carbonyl (C=O) groups is 1. The molecule has 0 fully saturated rings. The van der Waals surface area contributed by atoms with Crippen LogP contribution < -0.4 is 5.32 Å². The summed E-state index contributed by atoms with van der Waals surface area (Å²) in [5, 5.41) is 14.1. The molecule has 4 rings (SSSR count). The van der Waals surface area contributed by atoms with Crippen LogP contribution in [0.3, 0.4) is 0 Å². The van der Waals surface area contributed by atoms with Crippen molar-refractivity contribution in [3.05, 3.63) is 132 Å². The van der Waals surface area contributed by atoms with E-state index in [4.69, 9.17) is 0 Å². The molecule has 32 heavy (non-hydrogen) atoms. The monoisotopic (exact) mass is 421 g/mol. The maximum atomic E-state index is 13.2. The predicted molar refractivity (Wildman–Crippen MR) is 129 cm³/mol. The molecule has 0 aromatic heterocycles. The van der Waals surface area contributed by atoms with Gasteiger partial charge in [-0.25, -0.2) is 0 Å². The van der Waals surface area contributed by atoms with Crippen LogP contribution in [-0.2, 0) is 10.4 Å². The average Bonchev–Trinajstić information content (AvgIpc) is 2.85. The van der Waals surface area contributed by atoms with Gasteiger partial charge in [-0.05, 0) is 34.7 Å². The van der Waals surface area contributed by atoms with Crippen LogP contribution >= 0.6 is 0 Å². The van der Waals surface area contributed by atoms with Gasteiger partial charge in [0.1, 0.15) is 5.60 Å². The van der Waals surface area contributed by atoms with Crippen LogP contribution in [0.4, 0.5) is 0 Å². The van der Waals surface area contributed by atoms with Crippen molar-refractivity contribution in [2.75, 3.05) is 6.54 Å². The van der Waals surface area contributed by atoms with E-state index in [9.17, 15) is 9.90 Å². The number of hydrogen-bond acceptors (Lipinski definition) is 2. The molecule has 0 saturated carbocycles. The highest BCUT2D eigenvalue weighted by atomic mass is 16.3. The summed E-state index contributed by atoms with van der Waals surface area (Å²) in [7, 11) is 0. The normalized spacial score (nSPS) is 12.8. The van der Waals surface area contributed by atoms with E-state index in [0.29, 0.717) is 0 Å². The first kappa shape index (κ1) is 21.5. The van der Waals surface area contributed by atoms with E-state index in [0.717, 1.165) is 27.8 Å². The van der Waals surface area contributed by atoms with Crippen LogP contribution in [0.15, 0.2) is 115 Å². The zero-order chi connectivity index (χ0) is 22.4. The van der Waals surface area contributed by atoms with Crippen molar-refractivity contribution in [1.82, 2.24) is 5.32 Å². The Morgan fingerprint density at radius 1 is 0.719 bits per heavy atom. The molecule has 0 aliphatic heterocycles. The average molecular weight is 422 g/mol. The lowest BCUT2D eigenvalue weighted by atomic mass is 9.89. The predicted octanol–water partition coefficient (Wildman–Crippen LogP) is 5.51. The Hall–Kier alpha value is -3.69. The highest BCUT2D eigenvalue weighted by Gasteiger charge is 2.27. The van der Waals surface area contributed by atoms with Gasteiger partial charge in [-0.1, -0.05) is 115 Å². The van der Waals surface area contributed by atoms with E-state index < -0.39 is 11.5 Å². The minimum Gasteiger partial charge on any atom is -0.384 e. The molecule has 3 nitrogen and oxygen atoms in total. The number of nitrogens with one attached hydrogen (secondary N) is 1. The highest BCUT2D eigenvalue weighted by Crippen LogP contribution is 2.27. The van der Waals surface area contributed by atoms with Crippen LogP contribution in [0.2, 0.25) is 0 Å². The van der Waals surface area contributed by atoms with Gasteiger partial charge >= 0.3 is 0 Å². The fourth-order valence-corrected chi connectivity index (χ4v) is 3.90. The summed E-state index contributed by atoms with van der Waals surface area (Å²) in [5.41, 5.74) is 3.62. The Morgan fingerprint density at radius 2 is 1.16 bits per heavy atom. The molecular weight excluding hydrogens is 394 g/mol. The molecular formula is C29H27NO2. The van der Waals surface area contributed by atoms with Gasteiger partial charge in [0.05, 0.1) is 12.5 Å². The van der Waals surface area contributed by atoms with Crippen LogP contribution in [0.25, 0.3) is 11.1 Å². The molecule has 0 spiro atoms. The molecule has 160 valence electrons. The first-order valence-corrected chi connectivity index (χ1v) is 10.8. The molecule has 0 bridgehead atoms. The molecule has 3 heteroatoms. The smallest absolute Gasteiger partial charge is 0.232 e. The number of rotatable bonds is 7. The standard InChI is InChI=1S/C29H27NO2/c1-29(32,26-19-17-23(18-20-26)22-11-5-2-6-12-22)21-30-28(31)27(24-13-7-3-8-14-24)25-15-9-4-10-16-25/h2-20,27,32H,21H2,1H3,(H,30,31). The number of hydrogen-bond donors (Lipinski definition) is 2. The second-order valence-electron chi connectivity index (χ2n) is 8.19. The van der Waals surface area contributed by atoms with Gasteiger partial charge in [-0.3, -0.25) is 4.79 Å². The van der Waals surface area contributed by atoms with E-state index in [-0.39, 0.29) is 12.5 Å². The first-order valence-electron chi connectivity index (χ1n) is 10.8. The zero-order valence-corrected chi connectivity index (χ0v) is 18.1. The summed E-state index contributed by atoms with van der Waals surface area (Å²) in [5.74, 6) is -0.572. The van der Waals surface area contributed by atoms with Crippen molar-refractivity contribution >= 4 is 5.91 Å². The number of benzene rings is 4. The third kappa shape index (κ3) is 4.96. The SMILES string of the molecule is CC(O)(CNC(=O)C(c1ccccc1)c1ccccc1)c1ccc(-c2ccccc2)cc1. The topological polar surface area (TPSA) is 49.3 Å². The molecule has 0 aliphatic rings. The van der Waals surface area contributed by atoms with Crippen molar-refractivity contribution < 1.29 is 9.90 Å².